The highest BCUT2D eigenvalue weighted by Gasteiger charge is 2.23. The number of methoxy groups -OCH3 is 1. The quantitative estimate of drug-likeness (QED) is 0.596. The molecular weight excluding hydrogens is 400 g/mol. The van der Waals surface area contributed by atoms with Crippen molar-refractivity contribution in [2.75, 3.05) is 18.0 Å². The van der Waals surface area contributed by atoms with Crippen LogP contribution in [0.1, 0.15) is 22.8 Å². The number of carbonyl (C=O) groups is 1. The molecule has 0 radical (unpaired) electrons. The summed E-state index contributed by atoms with van der Waals surface area (Å²) >= 11 is 0. The molecular formula is C23H24N2O4S. The highest BCUT2D eigenvalue weighted by molar-refractivity contribution is 7.92. The van der Waals surface area contributed by atoms with Crippen molar-refractivity contribution in [2.24, 2.45) is 0 Å². The number of ether oxygens (including phenoxy) is 1. The monoisotopic (exact) mass is 424 g/mol. The Morgan fingerprint density at radius 3 is 2.13 bits per heavy atom. The van der Waals surface area contributed by atoms with Crippen LogP contribution in [0.4, 0.5) is 5.69 Å². The third-order valence-electron chi connectivity index (χ3n) is 4.65. The molecule has 1 N–H and O–H groups in total. The fraction of sp³-hybridized carbons (Fsp3) is 0.174. The van der Waals surface area contributed by atoms with Crippen LogP contribution in [0, 0.1) is 0 Å². The molecule has 0 aliphatic heterocycles. The van der Waals surface area contributed by atoms with Crippen molar-refractivity contribution in [2.45, 2.75) is 18.4 Å². The second-order valence-corrected chi connectivity index (χ2v) is 8.42. The van der Waals surface area contributed by atoms with Crippen LogP contribution in [0.2, 0.25) is 0 Å². The molecule has 0 fully saturated rings. The molecule has 0 aromatic heterocycles. The highest BCUT2D eigenvalue weighted by Crippen LogP contribution is 2.23. The molecule has 6 nitrogen and oxygen atoms in total. The van der Waals surface area contributed by atoms with Gasteiger partial charge in [0.25, 0.3) is 15.9 Å². The Hall–Kier alpha value is -3.32. The number of carbonyl (C=O) groups excluding carboxylic acids is 1. The fourth-order valence-corrected chi connectivity index (χ4v) is 4.49. The van der Waals surface area contributed by atoms with E-state index in [0.29, 0.717) is 24.3 Å². The van der Waals surface area contributed by atoms with Gasteiger partial charge in [-0.15, -0.1) is 0 Å². The molecule has 0 saturated carbocycles. The zero-order valence-corrected chi connectivity index (χ0v) is 17.7. The molecule has 0 aliphatic carbocycles. The summed E-state index contributed by atoms with van der Waals surface area (Å²) in [5.74, 6) is 0.476. The topological polar surface area (TPSA) is 75.7 Å². The summed E-state index contributed by atoms with van der Waals surface area (Å²) in [7, 11) is -2.12. The second kappa shape index (κ2) is 9.45. The van der Waals surface area contributed by atoms with Crippen LogP contribution in [0.5, 0.6) is 5.75 Å². The molecule has 0 bridgehead atoms. The maximum atomic E-state index is 13.0. The van der Waals surface area contributed by atoms with E-state index in [4.69, 9.17) is 4.74 Å². The molecule has 7 heteroatoms. The second-order valence-electron chi connectivity index (χ2n) is 6.56. The average Bonchev–Trinajstić information content (AvgIpc) is 2.79. The number of benzene rings is 3. The first-order valence-electron chi connectivity index (χ1n) is 9.54. The Kier molecular flexibility index (Phi) is 6.74. The minimum Gasteiger partial charge on any atom is -0.497 e. The molecule has 0 heterocycles. The maximum Gasteiger partial charge on any atom is 0.264 e. The third-order valence-corrected chi connectivity index (χ3v) is 6.57. The Morgan fingerprint density at radius 2 is 1.57 bits per heavy atom. The summed E-state index contributed by atoms with van der Waals surface area (Å²) in [6.45, 7) is 2.45. The van der Waals surface area contributed by atoms with Gasteiger partial charge in [0, 0.05) is 18.7 Å². The molecule has 3 aromatic carbocycles. The summed E-state index contributed by atoms with van der Waals surface area (Å²) in [6, 6.07) is 22.3. The van der Waals surface area contributed by atoms with Crippen LogP contribution in [0.15, 0.2) is 83.8 Å². The number of hydrogen-bond acceptors (Lipinski definition) is 4. The van der Waals surface area contributed by atoms with Gasteiger partial charge in [0.1, 0.15) is 5.75 Å². The Balaban J connectivity index is 1.70. The molecule has 0 unspecified atom stereocenters. The van der Waals surface area contributed by atoms with E-state index in [2.05, 4.69) is 5.32 Å². The van der Waals surface area contributed by atoms with Crippen molar-refractivity contribution in [1.29, 1.82) is 0 Å². The number of anilines is 1. The summed E-state index contributed by atoms with van der Waals surface area (Å²) in [4.78, 5) is 12.6. The number of nitrogens with zero attached hydrogens (tertiary/aromatic N) is 1. The lowest BCUT2D eigenvalue weighted by molar-refractivity contribution is 0.0951. The lowest BCUT2D eigenvalue weighted by Crippen LogP contribution is -2.30. The number of para-hydroxylation sites is 1. The van der Waals surface area contributed by atoms with Gasteiger partial charge >= 0.3 is 0 Å². The molecule has 156 valence electrons. The molecule has 0 atom stereocenters. The molecule has 0 saturated heterocycles. The summed E-state index contributed by atoms with van der Waals surface area (Å²) in [6.07, 6.45) is 0. The smallest absolute Gasteiger partial charge is 0.264 e. The van der Waals surface area contributed by atoms with Gasteiger partial charge in [0.2, 0.25) is 0 Å². The average molecular weight is 425 g/mol. The van der Waals surface area contributed by atoms with Crippen LogP contribution < -0.4 is 14.4 Å². The van der Waals surface area contributed by atoms with E-state index < -0.39 is 10.0 Å². The zero-order valence-electron chi connectivity index (χ0n) is 16.9. The van der Waals surface area contributed by atoms with E-state index in [1.807, 2.05) is 30.3 Å². The van der Waals surface area contributed by atoms with E-state index >= 15 is 0 Å². The van der Waals surface area contributed by atoms with Crippen molar-refractivity contribution in [3.05, 3.63) is 90.0 Å². The first-order chi connectivity index (χ1) is 14.5. The van der Waals surface area contributed by atoms with Crippen molar-refractivity contribution in [3.63, 3.8) is 0 Å². The molecule has 3 rings (SSSR count). The Morgan fingerprint density at radius 1 is 0.933 bits per heavy atom. The van der Waals surface area contributed by atoms with E-state index in [1.54, 1.807) is 38.3 Å². The lowest BCUT2D eigenvalue weighted by atomic mass is 10.2. The van der Waals surface area contributed by atoms with Gasteiger partial charge in [-0.25, -0.2) is 8.42 Å². The Bertz CT molecular complexity index is 1080. The highest BCUT2D eigenvalue weighted by atomic mass is 32.2. The predicted molar refractivity (Wildman–Crippen MR) is 117 cm³/mol. The number of sulfonamides is 1. The van der Waals surface area contributed by atoms with Crippen LogP contribution in [-0.4, -0.2) is 28.0 Å². The van der Waals surface area contributed by atoms with Crippen LogP contribution in [0.3, 0.4) is 0 Å². The van der Waals surface area contributed by atoms with Gasteiger partial charge in [-0.2, -0.15) is 0 Å². The largest absolute Gasteiger partial charge is 0.497 e. The minimum atomic E-state index is -3.72. The normalized spacial score (nSPS) is 11.0. The first kappa shape index (κ1) is 21.4. The summed E-state index contributed by atoms with van der Waals surface area (Å²) in [5.41, 5.74) is 1.93. The lowest BCUT2D eigenvalue weighted by Gasteiger charge is -2.23. The van der Waals surface area contributed by atoms with Crippen molar-refractivity contribution in [1.82, 2.24) is 5.32 Å². The summed E-state index contributed by atoms with van der Waals surface area (Å²) in [5, 5.41) is 2.83. The minimum absolute atomic E-state index is 0.139. The SMILES string of the molecule is CCN(c1ccccc1)S(=O)(=O)c1ccc(C(=O)NCc2ccc(OC)cc2)cc1. The summed E-state index contributed by atoms with van der Waals surface area (Å²) < 4.78 is 32.5. The number of hydrogen-bond donors (Lipinski definition) is 1. The molecule has 3 aromatic rings. The van der Waals surface area contributed by atoms with Gasteiger partial charge in [-0.1, -0.05) is 30.3 Å². The van der Waals surface area contributed by atoms with E-state index in [9.17, 15) is 13.2 Å². The van der Waals surface area contributed by atoms with Gasteiger partial charge in [0.15, 0.2) is 0 Å². The first-order valence-corrected chi connectivity index (χ1v) is 11.0. The van der Waals surface area contributed by atoms with E-state index in [-0.39, 0.29) is 10.8 Å². The number of rotatable bonds is 8. The van der Waals surface area contributed by atoms with Gasteiger partial charge in [-0.3, -0.25) is 9.10 Å². The van der Waals surface area contributed by atoms with Crippen LogP contribution >= 0.6 is 0 Å². The van der Waals surface area contributed by atoms with Crippen molar-refractivity contribution >= 4 is 21.6 Å². The molecule has 1 amide bonds. The van der Waals surface area contributed by atoms with Crippen molar-refractivity contribution < 1.29 is 17.9 Å². The van der Waals surface area contributed by atoms with Crippen LogP contribution in [0.25, 0.3) is 0 Å². The molecule has 30 heavy (non-hydrogen) atoms. The predicted octanol–water partition coefficient (Wildman–Crippen LogP) is 3.84. The van der Waals surface area contributed by atoms with Gasteiger partial charge in [0.05, 0.1) is 17.7 Å². The van der Waals surface area contributed by atoms with Crippen LogP contribution in [-0.2, 0) is 16.6 Å². The van der Waals surface area contributed by atoms with Gasteiger partial charge < -0.3 is 10.1 Å². The Labute approximate surface area is 177 Å². The molecule has 0 spiro atoms. The van der Waals surface area contributed by atoms with Gasteiger partial charge in [-0.05, 0) is 61.0 Å². The number of nitrogens with one attached hydrogen (secondary N) is 1. The van der Waals surface area contributed by atoms with E-state index in [0.717, 1.165) is 11.3 Å². The molecule has 0 aliphatic rings. The third kappa shape index (κ3) is 4.80. The van der Waals surface area contributed by atoms with Crippen molar-refractivity contribution in [3.8, 4) is 5.75 Å². The maximum absolute atomic E-state index is 13.0. The standard InChI is InChI=1S/C23H24N2O4S/c1-3-25(20-7-5-4-6-8-20)30(27,28)22-15-11-19(12-16-22)23(26)24-17-18-9-13-21(29-2)14-10-18/h4-16H,3,17H2,1-2H3,(H,24,26). The fourth-order valence-electron chi connectivity index (χ4n) is 3.02. The van der Waals surface area contributed by atoms with E-state index in [1.165, 1.54) is 28.6 Å². The number of amides is 1. The zero-order chi connectivity index (χ0) is 21.6.